The fourth-order valence-electron chi connectivity index (χ4n) is 2.57. The Kier molecular flexibility index (Phi) is 7.78. The molecule has 0 aliphatic carbocycles. The van der Waals surface area contributed by atoms with Crippen LogP contribution >= 0.6 is 0 Å². The molecule has 6 nitrogen and oxygen atoms in total. The quantitative estimate of drug-likeness (QED) is 0.289. The zero-order valence-electron chi connectivity index (χ0n) is 15.2. The molecular formula is C20H22IN2O4-. The van der Waals surface area contributed by atoms with Gasteiger partial charge in [0, 0.05) is 13.5 Å². The van der Waals surface area contributed by atoms with Gasteiger partial charge in [0.15, 0.2) is 0 Å². The maximum atomic E-state index is 11.5. The summed E-state index contributed by atoms with van der Waals surface area (Å²) in [6.45, 7) is 3.88. The summed E-state index contributed by atoms with van der Waals surface area (Å²) in [6, 6.07) is 16.0. The van der Waals surface area contributed by atoms with Gasteiger partial charge in [-0.15, -0.1) is 0 Å². The first-order chi connectivity index (χ1) is 12.8. The molecule has 3 N–H and O–H groups in total. The number of nitrogens with one attached hydrogen (secondary N) is 2. The SMILES string of the molecule is CC(=O)NCc1ccc(-c2ccc(C[C@@H](C)NC(=O)[I-]C(=O)O)cc2)cc1. The normalized spacial score (nSPS) is 11.6. The predicted octanol–water partition coefficient (Wildman–Crippen LogP) is 0.397. The van der Waals surface area contributed by atoms with E-state index in [1.165, 1.54) is 6.92 Å². The second kappa shape index (κ2) is 10.1. The minimum absolute atomic E-state index is 0.0510. The number of carbonyl (C=O) groups is 3. The number of benzene rings is 2. The average Bonchev–Trinajstić information content (AvgIpc) is 2.60. The molecule has 0 heterocycles. The summed E-state index contributed by atoms with van der Waals surface area (Å²) in [5, 5.41) is 14.2. The molecule has 0 radical (unpaired) electrons. The van der Waals surface area contributed by atoms with Gasteiger partial charge in [-0.05, 0) is 0 Å². The molecule has 2 amide bonds. The van der Waals surface area contributed by atoms with Gasteiger partial charge in [-0.2, -0.15) is 0 Å². The molecule has 144 valence electrons. The Morgan fingerprint density at radius 3 is 1.96 bits per heavy atom. The predicted molar refractivity (Wildman–Crippen MR) is 99.1 cm³/mol. The summed E-state index contributed by atoms with van der Waals surface area (Å²) in [5.41, 5.74) is 4.28. The van der Waals surface area contributed by atoms with Crippen LogP contribution in [0.5, 0.6) is 0 Å². The first-order valence-corrected chi connectivity index (χ1v) is 10.6. The average molecular weight is 481 g/mol. The third-order valence-corrected chi connectivity index (χ3v) is 5.11. The summed E-state index contributed by atoms with van der Waals surface area (Å²) in [6.07, 6.45) is 0.644. The fourth-order valence-corrected chi connectivity index (χ4v) is 3.68. The topological polar surface area (TPSA) is 95.5 Å². The first-order valence-electron chi connectivity index (χ1n) is 8.44. The van der Waals surface area contributed by atoms with Crippen LogP contribution in [0.15, 0.2) is 48.5 Å². The Bertz CT molecular complexity index is 804. The molecule has 0 aliphatic rings. The van der Waals surface area contributed by atoms with E-state index >= 15 is 0 Å². The van der Waals surface area contributed by atoms with E-state index < -0.39 is 25.2 Å². The van der Waals surface area contributed by atoms with Crippen molar-refractivity contribution in [1.82, 2.24) is 10.6 Å². The van der Waals surface area contributed by atoms with Crippen molar-refractivity contribution in [2.45, 2.75) is 32.9 Å². The van der Waals surface area contributed by atoms with E-state index in [1.54, 1.807) is 0 Å². The molecule has 2 aromatic carbocycles. The van der Waals surface area contributed by atoms with Crippen LogP contribution in [-0.2, 0) is 17.8 Å². The van der Waals surface area contributed by atoms with Crippen molar-refractivity contribution in [2.75, 3.05) is 0 Å². The number of carbonyl (C=O) groups excluding carboxylic acids is 2. The van der Waals surface area contributed by atoms with Crippen molar-refractivity contribution in [2.24, 2.45) is 0 Å². The molecule has 1 atom stereocenters. The van der Waals surface area contributed by atoms with E-state index in [9.17, 15) is 14.4 Å². The summed E-state index contributed by atoms with van der Waals surface area (Å²) in [4.78, 5) is 33.1. The van der Waals surface area contributed by atoms with E-state index in [1.807, 2.05) is 55.5 Å². The molecule has 0 aliphatic heterocycles. The van der Waals surface area contributed by atoms with Gasteiger partial charge in [0.1, 0.15) is 0 Å². The zero-order valence-corrected chi connectivity index (χ0v) is 17.3. The van der Waals surface area contributed by atoms with Crippen LogP contribution in [0.3, 0.4) is 0 Å². The van der Waals surface area contributed by atoms with Crippen LogP contribution in [0.4, 0.5) is 9.59 Å². The standard InChI is InChI=1S/C20H22IN2O4/c1-13(23-19(25)21-20(26)27)11-15-3-7-17(8-4-15)18-9-5-16(6-10-18)12-22-14(2)24/h3-10,13H,11-12H2,1-2H3,(H,22,24)(H,23,25)(H,26,27)/q-1/t13-/m1/s1. The van der Waals surface area contributed by atoms with Gasteiger partial charge in [0.25, 0.3) is 0 Å². The van der Waals surface area contributed by atoms with Crippen LogP contribution < -0.4 is 31.8 Å². The second-order valence-electron chi connectivity index (χ2n) is 6.17. The number of amides is 2. The summed E-state index contributed by atoms with van der Waals surface area (Å²) < 4.78 is -1.39. The molecule has 2 rings (SSSR count). The van der Waals surface area contributed by atoms with Gasteiger partial charge in [0.05, 0.1) is 0 Å². The molecular weight excluding hydrogens is 459 g/mol. The molecule has 27 heavy (non-hydrogen) atoms. The summed E-state index contributed by atoms with van der Waals surface area (Å²) >= 11 is -1.51. The molecule has 0 saturated heterocycles. The van der Waals surface area contributed by atoms with Gasteiger partial charge in [0.2, 0.25) is 5.91 Å². The Morgan fingerprint density at radius 1 is 0.963 bits per heavy atom. The van der Waals surface area contributed by atoms with E-state index in [2.05, 4.69) is 10.6 Å². The molecule has 7 heteroatoms. The molecule has 0 unspecified atom stereocenters. The second-order valence-corrected chi connectivity index (χ2v) is 8.62. The molecule has 0 spiro atoms. The molecule has 0 bridgehead atoms. The van der Waals surface area contributed by atoms with Crippen molar-refractivity contribution in [3.05, 3.63) is 59.7 Å². The zero-order chi connectivity index (χ0) is 19.8. The van der Waals surface area contributed by atoms with Gasteiger partial charge in [-0.1, -0.05) is 0 Å². The van der Waals surface area contributed by atoms with E-state index in [-0.39, 0.29) is 15.9 Å². The minimum atomic E-state index is -1.51. The fraction of sp³-hybridized carbons (Fsp3) is 0.250. The first kappa shape index (κ1) is 20.9. The van der Waals surface area contributed by atoms with Crippen LogP contribution in [0.25, 0.3) is 11.1 Å². The number of halogens is 1. The van der Waals surface area contributed by atoms with E-state index in [0.29, 0.717) is 13.0 Å². The van der Waals surface area contributed by atoms with Crippen molar-refractivity contribution < 1.29 is 40.7 Å². The molecule has 0 fully saturated rings. The number of carboxylic acid groups (broad SMARTS) is 1. The van der Waals surface area contributed by atoms with Gasteiger partial charge < -0.3 is 5.32 Å². The Hall–Kier alpha value is -2.42. The summed E-state index contributed by atoms with van der Waals surface area (Å²) in [7, 11) is 0. The third kappa shape index (κ3) is 7.38. The van der Waals surface area contributed by atoms with E-state index in [0.717, 1.165) is 22.3 Å². The molecule has 0 saturated carbocycles. The molecule has 2 aromatic rings. The monoisotopic (exact) mass is 481 g/mol. The Morgan fingerprint density at radius 2 is 1.48 bits per heavy atom. The third-order valence-electron chi connectivity index (χ3n) is 3.85. The van der Waals surface area contributed by atoms with Crippen molar-refractivity contribution in [1.29, 1.82) is 0 Å². The summed E-state index contributed by atoms with van der Waals surface area (Å²) in [5.74, 6) is -0.0510. The van der Waals surface area contributed by atoms with Crippen molar-refractivity contribution >= 4 is 13.8 Å². The van der Waals surface area contributed by atoms with E-state index in [4.69, 9.17) is 5.11 Å². The van der Waals surface area contributed by atoms with Crippen molar-refractivity contribution in [3.8, 4) is 11.1 Å². The van der Waals surface area contributed by atoms with Crippen molar-refractivity contribution in [3.63, 3.8) is 0 Å². The molecule has 0 aromatic heterocycles. The van der Waals surface area contributed by atoms with Crippen LogP contribution in [-0.4, -0.2) is 24.9 Å². The number of hydrogen-bond donors (Lipinski definition) is 3. The van der Waals surface area contributed by atoms with Crippen LogP contribution in [0, 0.1) is 0 Å². The Balaban J connectivity index is 1.93. The van der Waals surface area contributed by atoms with Crippen LogP contribution in [0.1, 0.15) is 25.0 Å². The van der Waals surface area contributed by atoms with Gasteiger partial charge in [-0.25, -0.2) is 0 Å². The number of rotatable bonds is 8. The van der Waals surface area contributed by atoms with Gasteiger partial charge in [-0.3, -0.25) is 4.79 Å². The Labute approximate surface area is 168 Å². The number of hydrogen-bond acceptors (Lipinski definition) is 3. The maximum absolute atomic E-state index is 11.5. The van der Waals surface area contributed by atoms with Crippen LogP contribution in [0.2, 0.25) is 0 Å². The van der Waals surface area contributed by atoms with Gasteiger partial charge >= 0.3 is 139 Å².